The van der Waals surface area contributed by atoms with E-state index in [-0.39, 0.29) is 18.4 Å². The van der Waals surface area contributed by atoms with Crippen LogP contribution in [0.5, 0.6) is 5.75 Å². The standard InChI is InChI=1S/C25H32N6O3/c1-17(2)13-14-26-25(33)19(4)31(21-7-6-8-22(15-21)34-5)23(32)16-30-28-24(27-29-30)20-11-9-18(3)10-12-20/h6-12,15,17,19H,13-14,16H2,1-5H3,(H,26,33). The predicted molar refractivity (Wildman–Crippen MR) is 130 cm³/mol. The topological polar surface area (TPSA) is 102 Å². The van der Waals surface area contributed by atoms with Gasteiger partial charge in [-0.25, -0.2) is 0 Å². The summed E-state index contributed by atoms with van der Waals surface area (Å²) in [7, 11) is 1.55. The molecule has 9 nitrogen and oxygen atoms in total. The summed E-state index contributed by atoms with van der Waals surface area (Å²) in [5.74, 6) is 0.910. The van der Waals surface area contributed by atoms with E-state index in [1.54, 1.807) is 38.3 Å². The largest absolute Gasteiger partial charge is 0.497 e. The molecule has 9 heteroatoms. The smallest absolute Gasteiger partial charge is 0.251 e. The van der Waals surface area contributed by atoms with Gasteiger partial charge in [0.05, 0.1) is 7.11 Å². The predicted octanol–water partition coefficient (Wildman–Crippen LogP) is 3.24. The van der Waals surface area contributed by atoms with E-state index < -0.39 is 6.04 Å². The molecule has 1 atom stereocenters. The van der Waals surface area contributed by atoms with Crippen LogP contribution in [-0.2, 0) is 16.1 Å². The molecule has 1 N–H and O–H groups in total. The average molecular weight is 465 g/mol. The fourth-order valence-electron chi connectivity index (χ4n) is 3.42. The average Bonchev–Trinajstić information content (AvgIpc) is 3.27. The zero-order valence-corrected chi connectivity index (χ0v) is 20.4. The van der Waals surface area contributed by atoms with Crippen molar-refractivity contribution in [3.8, 4) is 17.1 Å². The third-order valence-electron chi connectivity index (χ3n) is 5.43. The molecule has 0 spiro atoms. The van der Waals surface area contributed by atoms with Crippen LogP contribution in [0.2, 0.25) is 0 Å². The van der Waals surface area contributed by atoms with E-state index in [9.17, 15) is 9.59 Å². The number of benzene rings is 2. The van der Waals surface area contributed by atoms with Gasteiger partial charge < -0.3 is 10.1 Å². The van der Waals surface area contributed by atoms with Crippen molar-refractivity contribution in [1.82, 2.24) is 25.5 Å². The van der Waals surface area contributed by atoms with Crippen molar-refractivity contribution in [3.05, 3.63) is 54.1 Å². The Hall–Kier alpha value is -3.75. The molecule has 0 aliphatic rings. The molecule has 180 valence electrons. The van der Waals surface area contributed by atoms with Crippen LogP contribution in [0.15, 0.2) is 48.5 Å². The Balaban J connectivity index is 1.81. The molecule has 0 saturated heterocycles. The number of anilines is 1. The summed E-state index contributed by atoms with van der Waals surface area (Å²) in [4.78, 5) is 29.0. The summed E-state index contributed by atoms with van der Waals surface area (Å²) in [5, 5.41) is 15.4. The summed E-state index contributed by atoms with van der Waals surface area (Å²) in [5.41, 5.74) is 2.49. The number of carbonyl (C=O) groups excluding carboxylic acids is 2. The number of tetrazole rings is 1. The van der Waals surface area contributed by atoms with E-state index >= 15 is 0 Å². The molecule has 0 fully saturated rings. The summed E-state index contributed by atoms with van der Waals surface area (Å²) in [6.45, 7) is 8.27. The summed E-state index contributed by atoms with van der Waals surface area (Å²) in [6, 6.07) is 14.1. The summed E-state index contributed by atoms with van der Waals surface area (Å²) < 4.78 is 5.32. The van der Waals surface area contributed by atoms with E-state index in [1.807, 2.05) is 31.2 Å². The second-order valence-electron chi connectivity index (χ2n) is 8.62. The number of methoxy groups -OCH3 is 1. The molecule has 34 heavy (non-hydrogen) atoms. The molecular weight excluding hydrogens is 432 g/mol. The van der Waals surface area contributed by atoms with Gasteiger partial charge in [0.15, 0.2) is 0 Å². The van der Waals surface area contributed by atoms with E-state index in [1.165, 1.54) is 9.70 Å². The number of hydrogen-bond donors (Lipinski definition) is 1. The van der Waals surface area contributed by atoms with Gasteiger partial charge in [-0.2, -0.15) is 4.80 Å². The second kappa shape index (κ2) is 11.4. The Bertz CT molecular complexity index is 1110. The van der Waals surface area contributed by atoms with Crippen LogP contribution < -0.4 is 15.0 Å². The highest BCUT2D eigenvalue weighted by molar-refractivity contribution is 6.00. The number of aryl methyl sites for hydroxylation is 1. The van der Waals surface area contributed by atoms with Crippen molar-refractivity contribution in [2.75, 3.05) is 18.6 Å². The zero-order chi connectivity index (χ0) is 24.7. The molecule has 1 heterocycles. The van der Waals surface area contributed by atoms with E-state index in [2.05, 4.69) is 34.6 Å². The zero-order valence-electron chi connectivity index (χ0n) is 20.4. The monoisotopic (exact) mass is 464 g/mol. The lowest BCUT2D eigenvalue weighted by Gasteiger charge is -2.28. The Labute approximate surface area is 200 Å². The van der Waals surface area contributed by atoms with Gasteiger partial charge in [-0.1, -0.05) is 49.7 Å². The minimum Gasteiger partial charge on any atom is -0.497 e. The number of ether oxygens (including phenoxy) is 1. The highest BCUT2D eigenvalue weighted by Gasteiger charge is 2.28. The van der Waals surface area contributed by atoms with Crippen LogP contribution in [0.3, 0.4) is 0 Å². The number of carbonyl (C=O) groups is 2. The molecule has 0 aliphatic heterocycles. The summed E-state index contributed by atoms with van der Waals surface area (Å²) in [6.07, 6.45) is 0.857. The number of nitrogens with one attached hydrogen (secondary N) is 1. The SMILES string of the molecule is COc1cccc(N(C(=O)Cn2nnc(-c3ccc(C)cc3)n2)C(C)C(=O)NCCC(C)C)c1. The number of nitrogens with zero attached hydrogens (tertiary/aromatic N) is 5. The van der Waals surface area contributed by atoms with Crippen molar-refractivity contribution in [1.29, 1.82) is 0 Å². The first-order chi connectivity index (χ1) is 16.3. The highest BCUT2D eigenvalue weighted by atomic mass is 16.5. The fourth-order valence-corrected chi connectivity index (χ4v) is 3.42. The number of hydrogen-bond acceptors (Lipinski definition) is 6. The molecule has 0 saturated carbocycles. The summed E-state index contributed by atoms with van der Waals surface area (Å²) >= 11 is 0. The van der Waals surface area contributed by atoms with Crippen molar-refractivity contribution in [3.63, 3.8) is 0 Å². The van der Waals surface area contributed by atoms with Crippen molar-refractivity contribution >= 4 is 17.5 Å². The minimum atomic E-state index is -0.744. The molecule has 0 bridgehead atoms. The molecule has 2 aromatic carbocycles. The quantitative estimate of drug-likeness (QED) is 0.494. The van der Waals surface area contributed by atoms with Crippen molar-refractivity contribution < 1.29 is 14.3 Å². The minimum absolute atomic E-state index is 0.167. The van der Waals surface area contributed by atoms with Gasteiger partial charge in [0.2, 0.25) is 11.7 Å². The first-order valence-corrected chi connectivity index (χ1v) is 11.4. The van der Waals surface area contributed by atoms with Crippen LogP contribution in [0.4, 0.5) is 5.69 Å². The normalized spacial score (nSPS) is 11.8. The Morgan fingerprint density at radius 1 is 1.12 bits per heavy atom. The van der Waals surface area contributed by atoms with Gasteiger partial charge in [-0.3, -0.25) is 14.5 Å². The lowest BCUT2D eigenvalue weighted by Crippen LogP contribution is -2.49. The number of rotatable bonds is 10. The van der Waals surface area contributed by atoms with Gasteiger partial charge in [0.1, 0.15) is 18.3 Å². The molecule has 2 amide bonds. The van der Waals surface area contributed by atoms with Crippen LogP contribution in [0, 0.1) is 12.8 Å². The van der Waals surface area contributed by atoms with Gasteiger partial charge >= 0.3 is 0 Å². The third-order valence-corrected chi connectivity index (χ3v) is 5.43. The Kier molecular flexibility index (Phi) is 8.34. The first-order valence-electron chi connectivity index (χ1n) is 11.4. The molecule has 1 unspecified atom stereocenters. The van der Waals surface area contributed by atoms with E-state index in [0.29, 0.717) is 29.7 Å². The van der Waals surface area contributed by atoms with Gasteiger partial charge in [0.25, 0.3) is 5.91 Å². The molecule has 1 aromatic heterocycles. The van der Waals surface area contributed by atoms with Gasteiger partial charge in [-0.15, -0.1) is 10.2 Å². The maximum absolute atomic E-state index is 13.4. The molecular formula is C25H32N6O3. The van der Waals surface area contributed by atoms with Crippen molar-refractivity contribution in [2.45, 2.75) is 46.7 Å². The maximum atomic E-state index is 13.4. The maximum Gasteiger partial charge on any atom is 0.251 e. The number of amides is 2. The van der Waals surface area contributed by atoms with Gasteiger partial charge in [-0.05, 0) is 43.5 Å². The molecule has 3 rings (SSSR count). The van der Waals surface area contributed by atoms with Crippen LogP contribution in [0.25, 0.3) is 11.4 Å². The van der Waals surface area contributed by atoms with Crippen LogP contribution in [0.1, 0.15) is 32.8 Å². The molecule has 0 radical (unpaired) electrons. The lowest BCUT2D eigenvalue weighted by atomic mass is 10.1. The second-order valence-corrected chi connectivity index (χ2v) is 8.62. The van der Waals surface area contributed by atoms with E-state index in [0.717, 1.165) is 17.5 Å². The number of aromatic nitrogens is 4. The molecule has 3 aromatic rings. The highest BCUT2D eigenvalue weighted by Crippen LogP contribution is 2.24. The lowest BCUT2D eigenvalue weighted by molar-refractivity contribution is -0.126. The first kappa shape index (κ1) is 24.9. The fraction of sp³-hybridized carbons (Fsp3) is 0.400. The van der Waals surface area contributed by atoms with Crippen LogP contribution in [-0.4, -0.2) is 51.7 Å². The van der Waals surface area contributed by atoms with E-state index in [4.69, 9.17) is 4.74 Å². The Morgan fingerprint density at radius 3 is 2.53 bits per heavy atom. The third kappa shape index (κ3) is 6.40. The molecule has 0 aliphatic carbocycles. The Morgan fingerprint density at radius 2 is 1.85 bits per heavy atom. The van der Waals surface area contributed by atoms with Crippen molar-refractivity contribution in [2.24, 2.45) is 5.92 Å². The van der Waals surface area contributed by atoms with Gasteiger partial charge in [0, 0.05) is 23.9 Å². The van der Waals surface area contributed by atoms with Crippen LogP contribution >= 0.6 is 0 Å².